The number of nitro benzene ring substituents is 1. The fourth-order valence-electron chi connectivity index (χ4n) is 3.84. The Hall–Kier alpha value is -1.63. The summed E-state index contributed by atoms with van der Waals surface area (Å²) in [5.41, 5.74) is -0.165. The maximum Gasteiger partial charge on any atom is 0.269 e. The molecule has 0 bridgehead atoms. The van der Waals surface area contributed by atoms with E-state index in [0.717, 1.165) is 0 Å². The summed E-state index contributed by atoms with van der Waals surface area (Å²) in [6.07, 6.45) is -1.37. The van der Waals surface area contributed by atoms with Gasteiger partial charge in [-0.15, -0.1) is 0 Å². The van der Waals surface area contributed by atoms with Crippen LogP contribution in [0.5, 0.6) is 0 Å². The molecular weight excluding hydrogens is 404 g/mol. The van der Waals surface area contributed by atoms with Crippen LogP contribution >= 0.6 is 0 Å². The van der Waals surface area contributed by atoms with Crippen molar-refractivity contribution < 1.29 is 32.3 Å². The van der Waals surface area contributed by atoms with Crippen LogP contribution in [-0.4, -0.2) is 66.7 Å². The highest BCUT2D eigenvalue weighted by molar-refractivity contribution is 7.89. The molecule has 1 aromatic rings. The number of non-ortho nitro benzene ring substituents is 1. The maximum absolute atomic E-state index is 12.9. The molecule has 5 atom stereocenters. The van der Waals surface area contributed by atoms with Gasteiger partial charge in [-0.25, -0.2) is 8.42 Å². The monoisotopic (exact) mass is 428 g/mol. The molecule has 0 spiro atoms. The smallest absolute Gasteiger partial charge is 0.269 e. The van der Waals surface area contributed by atoms with Gasteiger partial charge in [-0.3, -0.25) is 10.1 Å². The fourth-order valence-corrected chi connectivity index (χ4v) is 5.41. The standard InChI is InChI=1S/C18H24N2O8S/c1-17(2)25-10-14(26-17)16-15(27-18(3,4)28-16)13-9-19(13)29(23,24)12-7-5-11(6-8-12)20(21)22/h5-8,13-16H,9-10H2,1-4H3/t13-,14-,15-,16-,19?/m1/s1. The van der Waals surface area contributed by atoms with Crippen molar-refractivity contribution in [1.29, 1.82) is 0 Å². The van der Waals surface area contributed by atoms with Crippen molar-refractivity contribution >= 4 is 15.7 Å². The third-order valence-electron chi connectivity index (χ3n) is 5.20. The van der Waals surface area contributed by atoms with Gasteiger partial charge in [-0.05, 0) is 39.8 Å². The lowest BCUT2D eigenvalue weighted by atomic mass is 10.1. The number of rotatable bonds is 5. The van der Waals surface area contributed by atoms with Crippen LogP contribution in [-0.2, 0) is 29.0 Å². The number of hydrogen-bond donors (Lipinski definition) is 0. The van der Waals surface area contributed by atoms with Gasteiger partial charge in [0.1, 0.15) is 18.3 Å². The van der Waals surface area contributed by atoms with Gasteiger partial charge in [-0.1, -0.05) is 0 Å². The highest BCUT2D eigenvalue weighted by atomic mass is 32.2. The second-order valence-electron chi connectivity index (χ2n) is 8.32. The Kier molecular flexibility index (Phi) is 4.76. The van der Waals surface area contributed by atoms with Crippen LogP contribution in [0.2, 0.25) is 0 Å². The SMILES string of the molecule is CC1(C)O[C@H]([C@H]2CN2S(=O)(=O)c2ccc([N+](=O)[O-])cc2)[C@@H]([C@H]2COC(C)(C)O2)O1. The number of hydrogen-bond acceptors (Lipinski definition) is 8. The predicted molar refractivity (Wildman–Crippen MR) is 99.5 cm³/mol. The lowest BCUT2D eigenvalue weighted by molar-refractivity contribution is -0.384. The van der Waals surface area contributed by atoms with Gasteiger partial charge in [0.2, 0.25) is 10.0 Å². The molecule has 3 saturated heterocycles. The Morgan fingerprint density at radius 1 is 1.03 bits per heavy atom. The number of nitro groups is 1. The van der Waals surface area contributed by atoms with Gasteiger partial charge < -0.3 is 18.9 Å². The average Bonchev–Trinajstić information content (AvgIpc) is 3.27. The first-order valence-electron chi connectivity index (χ1n) is 9.33. The lowest BCUT2D eigenvalue weighted by Crippen LogP contribution is -2.42. The molecule has 29 heavy (non-hydrogen) atoms. The summed E-state index contributed by atoms with van der Waals surface area (Å²) in [5.74, 6) is -1.61. The Morgan fingerprint density at radius 3 is 2.21 bits per heavy atom. The third-order valence-corrected chi connectivity index (χ3v) is 7.10. The van der Waals surface area contributed by atoms with Crippen molar-refractivity contribution in [3.05, 3.63) is 34.4 Å². The van der Waals surface area contributed by atoms with Gasteiger partial charge in [0.15, 0.2) is 11.6 Å². The van der Waals surface area contributed by atoms with Crippen molar-refractivity contribution in [2.45, 2.75) is 68.5 Å². The van der Waals surface area contributed by atoms with E-state index in [1.165, 1.54) is 28.6 Å². The van der Waals surface area contributed by atoms with Crippen LogP contribution in [0.4, 0.5) is 5.69 Å². The zero-order valence-corrected chi connectivity index (χ0v) is 17.4. The van der Waals surface area contributed by atoms with Gasteiger partial charge in [0.05, 0.1) is 22.5 Å². The topological polar surface area (TPSA) is 117 Å². The molecule has 1 aromatic carbocycles. The van der Waals surface area contributed by atoms with Crippen molar-refractivity contribution in [3.8, 4) is 0 Å². The largest absolute Gasteiger partial charge is 0.348 e. The second-order valence-corrected chi connectivity index (χ2v) is 10.2. The van der Waals surface area contributed by atoms with Crippen LogP contribution in [0.15, 0.2) is 29.2 Å². The number of ether oxygens (including phenoxy) is 4. The first kappa shape index (κ1) is 20.6. The molecule has 4 rings (SSSR count). The maximum atomic E-state index is 12.9. The Bertz CT molecular complexity index is 914. The van der Waals surface area contributed by atoms with Gasteiger partial charge in [0, 0.05) is 18.7 Å². The molecule has 160 valence electrons. The van der Waals surface area contributed by atoms with E-state index in [1.54, 1.807) is 13.8 Å². The van der Waals surface area contributed by atoms with E-state index in [2.05, 4.69) is 0 Å². The minimum Gasteiger partial charge on any atom is -0.348 e. The van der Waals surface area contributed by atoms with Crippen LogP contribution in [0.1, 0.15) is 27.7 Å². The van der Waals surface area contributed by atoms with E-state index >= 15 is 0 Å². The first-order valence-corrected chi connectivity index (χ1v) is 10.8. The van der Waals surface area contributed by atoms with E-state index in [0.29, 0.717) is 6.61 Å². The van der Waals surface area contributed by atoms with E-state index < -0.39 is 44.8 Å². The van der Waals surface area contributed by atoms with Crippen molar-refractivity contribution in [1.82, 2.24) is 4.31 Å². The molecule has 0 radical (unpaired) electrons. The van der Waals surface area contributed by atoms with E-state index in [-0.39, 0.29) is 23.2 Å². The Morgan fingerprint density at radius 2 is 1.66 bits per heavy atom. The van der Waals surface area contributed by atoms with Gasteiger partial charge in [-0.2, -0.15) is 4.31 Å². The number of benzene rings is 1. The van der Waals surface area contributed by atoms with Crippen LogP contribution < -0.4 is 0 Å². The van der Waals surface area contributed by atoms with E-state index in [4.69, 9.17) is 18.9 Å². The summed E-state index contributed by atoms with van der Waals surface area (Å²) in [6, 6.07) is 4.44. The third kappa shape index (κ3) is 3.90. The lowest BCUT2D eigenvalue weighted by Gasteiger charge is -2.23. The Balaban J connectivity index is 1.52. The zero-order chi connectivity index (χ0) is 21.2. The highest BCUT2D eigenvalue weighted by Crippen LogP contribution is 2.42. The minimum atomic E-state index is -3.80. The summed E-state index contributed by atoms with van der Waals surface area (Å²) in [6.45, 7) is 7.78. The minimum absolute atomic E-state index is 0.00177. The van der Waals surface area contributed by atoms with Crippen molar-refractivity contribution in [2.24, 2.45) is 0 Å². The highest BCUT2D eigenvalue weighted by Gasteiger charge is 2.59. The molecule has 1 unspecified atom stereocenters. The average molecular weight is 428 g/mol. The molecule has 0 amide bonds. The summed E-state index contributed by atoms with van der Waals surface area (Å²) < 4.78 is 50.8. The first-order chi connectivity index (χ1) is 13.4. The fraction of sp³-hybridized carbons (Fsp3) is 0.667. The summed E-state index contributed by atoms with van der Waals surface area (Å²) in [4.78, 5) is 10.2. The van der Waals surface area contributed by atoms with Crippen LogP contribution in [0.3, 0.4) is 0 Å². The molecule has 3 heterocycles. The molecule has 0 aromatic heterocycles. The Labute approximate surface area is 168 Å². The van der Waals surface area contributed by atoms with Crippen LogP contribution in [0.25, 0.3) is 0 Å². The summed E-state index contributed by atoms with van der Waals surface area (Å²) >= 11 is 0. The number of sulfonamides is 1. The molecule has 3 fully saturated rings. The molecule has 3 aliphatic rings. The van der Waals surface area contributed by atoms with Gasteiger partial charge >= 0.3 is 0 Å². The molecule has 3 aliphatic heterocycles. The number of nitrogens with zero attached hydrogens (tertiary/aromatic N) is 2. The molecule has 0 saturated carbocycles. The van der Waals surface area contributed by atoms with Crippen molar-refractivity contribution in [3.63, 3.8) is 0 Å². The molecule has 10 nitrogen and oxygen atoms in total. The van der Waals surface area contributed by atoms with E-state index in [1.807, 2.05) is 13.8 Å². The van der Waals surface area contributed by atoms with Crippen molar-refractivity contribution in [2.75, 3.05) is 13.2 Å². The summed E-state index contributed by atoms with van der Waals surface area (Å²) in [5, 5.41) is 10.8. The second kappa shape index (κ2) is 6.69. The molecule has 0 aliphatic carbocycles. The van der Waals surface area contributed by atoms with Crippen LogP contribution in [0, 0.1) is 10.1 Å². The van der Waals surface area contributed by atoms with Gasteiger partial charge in [0.25, 0.3) is 5.69 Å². The predicted octanol–water partition coefficient (Wildman–Crippen LogP) is 1.64. The molecular formula is C18H24N2O8S. The quantitative estimate of drug-likeness (QED) is 0.395. The normalized spacial score (nSPS) is 35.5. The zero-order valence-electron chi connectivity index (χ0n) is 16.6. The molecule has 11 heteroatoms. The summed E-state index contributed by atoms with van der Waals surface area (Å²) in [7, 11) is -3.80. The van der Waals surface area contributed by atoms with E-state index in [9.17, 15) is 18.5 Å². The molecule has 0 N–H and O–H groups in total.